The lowest BCUT2D eigenvalue weighted by molar-refractivity contribution is 0.0812. The van der Waals surface area contributed by atoms with Crippen molar-refractivity contribution in [1.29, 1.82) is 0 Å². The van der Waals surface area contributed by atoms with Crippen molar-refractivity contribution < 1.29 is 0 Å². The summed E-state index contributed by atoms with van der Waals surface area (Å²) in [6, 6.07) is 0.902. The van der Waals surface area contributed by atoms with Crippen molar-refractivity contribution in [3.8, 4) is 0 Å². The minimum atomic E-state index is 0.393. The molecule has 76 valence electrons. The smallest absolute Gasteiger partial charge is 0.0127 e. The summed E-state index contributed by atoms with van der Waals surface area (Å²) in [5.74, 6) is 1.06. The van der Waals surface area contributed by atoms with E-state index in [9.17, 15) is 0 Å². The van der Waals surface area contributed by atoms with Crippen molar-refractivity contribution in [2.45, 2.75) is 64.5 Å². The summed E-state index contributed by atoms with van der Waals surface area (Å²) in [6.45, 7) is 8.45. The van der Waals surface area contributed by atoms with Crippen molar-refractivity contribution in [3.05, 3.63) is 0 Å². The molecule has 0 spiro atoms. The van der Waals surface area contributed by atoms with Crippen LogP contribution in [0.4, 0.5) is 0 Å². The fourth-order valence-electron chi connectivity index (χ4n) is 3.13. The highest BCUT2D eigenvalue weighted by molar-refractivity contribution is 4.90. The fourth-order valence-corrected chi connectivity index (χ4v) is 3.13. The number of hydrogen-bond donors (Lipinski definition) is 0. The zero-order valence-corrected chi connectivity index (χ0v) is 9.34. The van der Waals surface area contributed by atoms with Crippen molar-refractivity contribution in [3.63, 3.8) is 0 Å². The third kappa shape index (κ3) is 1.90. The van der Waals surface area contributed by atoms with E-state index < -0.39 is 0 Å². The van der Waals surface area contributed by atoms with Crippen LogP contribution in [-0.2, 0) is 0 Å². The van der Waals surface area contributed by atoms with E-state index in [1.807, 2.05) is 0 Å². The minimum Gasteiger partial charge on any atom is -0.296 e. The Morgan fingerprint density at radius 2 is 1.54 bits per heavy atom. The van der Waals surface area contributed by atoms with Gasteiger partial charge in [-0.25, -0.2) is 0 Å². The summed E-state index contributed by atoms with van der Waals surface area (Å²) < 4.78 is 0. The standard InChI is InChI=1S/C12H23N/c1-12(2,3)13-9-8-10-4-6-11(13)7-5-10/h10-11H,4-9H2,1-3H3. The fraction of sp³-hybridized carbons (Fsp3) is 1.00. The Balaban J connectivity index is 2.11. The van der Waals surface area contributed by atoms with Gasteiger partial charge in [-0.3, -0.25) is 4.90 Å². The van der Waals surface area contributed by atoms with Crippen LogP contribution in [0, 0.1) is 5.92 Å². The third-order valence-electron chi connectivity index (χ3n) is 3.90. The van der Waals surface area contributed by atoms with Gasteiger partial charge in [0.2, 0.25) is 0 Å². The van der Waals surface area contributed by atoms with Crippen molar-refractivity contribution >= 4 is 0 Å². The van der Waals surface area contributed by atoms with E-state index in [0.29, 0.717) is 5.54 Å². The molecule has 2 saturated heterocycles. The molecule has 2 aliphatic heterocycles. The van der Waals surface area contributed by atoms with Gasteiger partial charge in [0.15, 0.2) is 0 Å². The van der Waals surface area contributed by atoms with Crippen molar-refractivity contribution in [1.82, 2.24) is 4.90 Å². The summed E-state index contributed by atoms with van der Waals surface area (Å²) in [7, 11) is 0. The topological polar surface area (TPSA) is 3.24 Å². The van der Waals surface area contributed by atoms with E-state index in [4.69, 9.17) is 0 Å². The Kier molecular flexibility index (Phi) is 2.39. The molecule has 3 rings (SSSR count). The lowest BCUT2D eigenvalue weighted by atomic mass is 9.86. The van der Waals surface area contributed by atoms with E-state index in [1.165, 1.54) is 38.6 Å². The van der Waals surface area contributed by atoms with Crippen LogP contribution >= 0.6 is 0 Å². The number of nitrogens with zero attached hydrogens (tertiary/aromatic N) is 1. The zero-order chi connectivity index (χ0) is 9.47. The lowest BCUT2D eigenvalue weighted by Crippen LogP contribution is -2.47. The highest BCUT2D eigenvalue weighted by Crippen LogP contribution is 2.37. The third-order valence-corrected chi connectivity index (χ3v) is 3.90. The Labute approximate surface area is 82.5 Å². The summed E-state index contributed by atoms with van der Waals surface area (Å²) >= 11 is 0. The Hall–Kier alpha value is -0.0400. The predicted molar refractivity (Wildman–Crippen MR) is 56.8 cm³/mol. The van der Waals surface area contributed by atoms with Gasteiger partial charge in [-0.05, 0) is 65.3 Å². The molecular formula is C12H23N. The number of fused-ring (bicyclic) bond motifs is 4. The van der Waals surface area contributed by atoms with Gasteiger partial charge in [-0.2, -0.15) is 0 Å². The normalized spacial score (nSPS) is 36.2. The molecule has 3 aliphatic rings. The van der Waals surface area contributed by atoms with Crippen LogP contribution in [0.2, 0.25) is 0 Å². The highest BCUT2D eigenvalue weighted by atomic mass is 15.2. The molecule has 0 atom stereocenters. The van der Waals surface area contributed by atoms with E-state index in [-0.39, 0.29) is 0 Å². The van der Waals surface area contributed by atoms with Gasteiger partial charge in [0, 0.05) is 11.6 Å². The van der Waals surface area contributed by atoms with Crippen LogP contribution in [0.1, 0.15) is 52.9 Å². The predicted octanol–water partition coefficient (Wildman–Crippen LogP) is 3.05. The molecule has 1 saturated carbocycles. The van der Waals surface area contributed by atoms with E-state index >= 15 is 0 Å². The summed E-state index contributed by atoms with van der Waals surface area (Å²) in [5.41, 5.74) is 0.393. The van der Waals surface area contributed by atoms with Gasteiger partial charge in [-0.15, -0.1) is 0 Å². The first-order valence-corrected chi connectivity index (χ1v) is 5.84. The molecule has 2 bridgehead atoms. The van der Waals surface area contributed by atoms with Crippen LogP contribution in [0.5, 0.6) is 0 Å². The average Bonchev–Trinajstić information content (AvgIpc) is 2.34. The molecule has 2 heterocycles. The molecule has 0 radical (unpaired) electrons. The maximum atomic E-state index is 2.75. The average molecular weight is 181 g/mol. The minimum absolute atomic E-state index is 0.393. The van der Waals surface area contributed by atoms with Crippen LogP contribution in [0.25, 0.3) is 0 Å². The van der Waals surface area contributed by atoms with Gasteiger partial charge >= 0.3 is 0 Å². The maximum absolute atomic E-state index is 2.75. The quantitative estimate of drug-likeness (QED) is 0.555. The Bertz CT molecular complexity index is 172. The van der Waals surface area contributed by atoms with Crippen LogP contribution in [-0.4, -0.2) is 23.0 Å². The van der Waals surface area contributed by atoms with E-state index in [1.54, 1.807) is 0 Å². The van der Waals surface area contributed by atoms with Gasteiger partial charge in [-0.1, -0.05) is 0 Å². The molecule has 0 aromatic carbocycles. The molecule has 0 N–H and O–H groups in total. The largest absolute Gasteiger partial charge is 0.296 e. The van der Waals surface area contributed by atoms with Crippen LogP contribution in [0.15, 0.2) is 0 Å². The second-order valence-electron chi connectivity index (χ2n) is 5.83. The molecular weight excluding hydrogens is 158 g/mol. The SMILES string of the molecule is CC(C)(C)N1CCC2CCC1CC2. The Morgan fingerprint density at radius 1 is 0.923 bits per heavy atom. The van der Waals surface area contributed by atoms with Gasteiger partial charge < -0.3 is 0 Å². The molecule has 3 fully saturated rings. The summed E-state index contributed by atoms with van der Waals surface area (Å²) in [4.78, 5) is 2.75. The molecule has 13 heavy (non-hydrogen) atoms. The first-order valence-electron chi connectivity index (χ1n) is 5.84. The summed E-state index contributed by atoms with van der Waals surface area (Å²) in [6.07, 6.45) is 7.37. The van der Waals surface area contributed by atoms with Crippen molar-refractivity contribution in [2.24, 2.45) is 5.92 Å². The van der Waals surface area contributed by atoms with Gasteiger partial charge in [0.25, 0.3) is 0 Å². The van der Waals surface area contributed by atoms with Gasteiger partial charge in [0.1, 0.15) is 0 Å². The molecule has 0 aromatic heterocycles. The monoisotopic (exact) mass is 181 g/mol. The molecule has 1 nitrogen and oxygen atoms in total. The van der Waals surface area contributed by atoms with Gasteiger partial charge in [0.05, 0.1) is 0 Å². The molecule has 0 unspecified atom stereocenters. The van der Waals surface area contributed by atoms with Crippen LogP contribution in [0.3, 0.4) is 0 Å². The summed E-state index contributed by atoms with van der Waals surface area (Å²) in [5, 5.41) is 0. The molecule has 1 aliphatic carbocycles. The first kappa shape index (κ1) is 9.51. The second kappa shape index (κ2) is 3.27. The number of hydrogen-bond acceptors (Lipinski definition) is 1. The second-order valence-corrected chi connectivity index (χ2v) is 5.83. The van der Waals surface area contributed by atoms with E-state index in [2.05, 4.69) is 25.7 Å². The molecule has 0 aromatic rings. The molecule has 1 heteroatoms. The molecule has 0 amide bonds. The lowest BCUT2D eigenvalue weighted by Gasteiger charge is -2.41. The Morgan fingerprint density at radius 3 is 2.08 bits per heavy atom. The number of rotatable bonds is 0. The zero-order valence-electron chi connectivity index (χ0n) is 9.34. The van der Waals surface area contributed by atoms with Crippen molar-refractivity contribution in [2.75, 3.05) is 6.54 Å². The first-order chi connectivity index (χ1) is 6.07. The van der Waals surface area contributed by atoms with E-state index in [0.717, 1.165) is 12.0 Å². The van der Waals surface area contributed by atoms with Crippen LogP contribution < -0.4 is 0 Å². The maximum Gasteiger partial charge on any atom is 0.0127 e. The highest BCUT2D eigenvalue weighted by Gasteiger charge is 2.35.